The predicted octanol–water partition coefficient (Wildman–Crippen LogP) is 4.37. The second kappa shape index (κ2) is 12.3. The van der Waals surface area contributed by atoms with Gasteiger partial charge in [0.2, 0.25) is 0 Å². The molecule has 0 saturated carbocycles. The van der Waals surface area contributed by atoms with E-state index in [2.05, 4.69) is 16.5 Å². The first-order chi connectivity index (χ1) is 17.6. The molecule has 188 valence electrons. The molecule has 2 saturated heterocycles. The highest BCUT2D eigenvalue weighted by Gasteiger charge is 2.21. The fourth-order valence-electron chi connectivity index (χ4n) is 4.33. The number of nitrogens with one attached hydrogen (secondary N) is 1. The Morgan fingerprint density at radius 1 is 1.03 bits per heavy atom. The van der Waals surface area contributed by atoms with Crippen molar-refractivity contribution in [1.29, 1.82) is 0 Å². The number of amides is 1. The Morgan fingerprint density at radius 2 is 1.75 bits per heavy atom. The van der Waals surface area contributed by atoms with Gasteiger partial charge >= 0.3 is 0 Å². The molecule has 1 aromatic carbocycles. The second-order valence-corrected chi connectivity index (χ2v) is 8.75. The highest BCUT2D eigenvalue weighted by Crippen LogP contribution is 2.27. The van der Waals surface area contributed by atoms with E-state index in [9.17, 15) is 9.59 Å². The van der Waals surface area contributed by atoms with Crippen molar-refractivity contribution >= 4 is 29.5 Å². The van der Waals surface area contributed by atoms with Crippen LogP contribution < -0.4 is 4.90 Å². The van der Waals surface area contributed by atoms with Gasteiger partial charge in [0.05, 0.1) is 26.4 Å². The minimum atomic E-state index is 0.0346. The lowest BCUT2D eigenvalue weighted by atomic mass is 10.0. The van der Waals surface area contributed by atoms with Crippen LogP contribution in [0.15, 0.2) is 66.9 Å². The van der Waals surface area contributed by atoms with Gasteiger partial charge in [0.1, 0.15) is 0 Å². The molecule has 2 aliphatic heterocycles. The molecule has 1 N–H and O–H groups in total. The van der Waals surface area contributed by atoms with E-state index in [1.807, 2.05) is 66.5 Å². The van der Waals surface area contributed by atoms with E-state index < -0.39 is 0 Å². The van der Waals surface area contributed by atoms with Crippen LogP contribution in [0.2, 0.25) is 0 Å². The quantitative estimate of drug-likeness (QED) is 0.442. The maximum absolute atomic E-state index is 13.1. The summed E-state index contributed by atoms with van der Waals surface area (Å²) in [6, 6.07) is 7.70. The number of allylic oxidation sites excluding steroid dienone is 6. The molecule has 1 amide bonds. The Hall–Kier alpha value is -3.68. The standard InChI is InChI=1S/C29H33N3O4/c1-3-4-25(27-18-23(21-33)20-30-27)17-22(2)5-6-24-7-8-26(29(34)32-11-15-36-16-12-32)19-28(24)31-9-13-35-14-10-31/h3-8,17-21,30H,2,9-16H2,1H3/b4-3-,6-5+,25-17+. The van der Waals surface area contributed by atoms with Crippen LogP contribution in [0.1, 0.15) is 38.9 Å². The van der Waals surface area contributed by atoms with Crippen LogP contribution in [0.4, 0.5) is 5.69 Å². The van der Waals surface area contributed by atoms with Crippen molar-refractivity contribution in [2.45, 2.75) is 6.92 Å². The molecule has 0 aliphatic carbocycles. The van der Waals surface area contributed by atoms with Crippen LogP contribution in [0.25, 0.3) is 11.6 Å². The Morgan fingerprint density at radius 3 is 2.42 bits per heavy atom. The van der Waals surface area contributed by atoms with E-state index in [0.29, 0.717) is 50.6 Å². The first kappa shape index (κ1) is 25.4. The maximum Gasteiger partial charge on any atom is 0.254 e. The van der Waals surface area contributed by atoms with Crippen LogP contribution in [0, 0.1) is 0 Å². The van der Waals surface area contributed by atoms with Crippen molar-refractivity contribution in [3.8, 4) is 0 Å². The molecular formula is C29H33N3O4. The van der Waals surface area contributed by atoms with Gasteiger partial charge in [-0.1, -0.05) is 36.9 Å². The zero-order valence-electron chi connectivity index (χ0n) is 20.7. The third kappa shape index (κ3) is 6.30. The number of hydrogen-bond acceptors (Lipinski definition) is 5. The Balaban J connectivity index is 1.59. The zero-order valence-corrected chi connectivity index (χ0v) is 20.7. The maximum atomic E-state index is 13.1. The molecule has 7 nitrogen and oxygen atoms in total. The summed E-state index contributed by atoms with van der Waals surface area (Å²) in [6.07, 6.45) is 12.4. The van der Waals surface area contributed by atoms with E-state index >= 15 is 0 Å². The van der Waals surface area contributed by atoms with Crippen molar-refractivity contribution in [2.24, 2.45) is 0 Å². The van der Waals surface area contributed by atoms with Crippen molar-refractivity contribution in [1.82, 2.24) is 9.88 Å². The van der Waals surface area contributed by atoms with Crippen LogP contribution in [-0.4, -0.2) is 74.7 Å². The van der Waals surface area contributed by atoms with Gasteiger partial charge in [0.25, 0.3) is 5.91 Å². The van der Waals surface area contributed by atoms with E-state index in [1.54, 1.807) is 6.20 Å². The normalized spacial score (nSPS) is 17.2. The topological polar surface area (TPSA) is 74.9 Å². The first-order valence-electron chi connectivity index (χ1n) is 12.3. The molecule has 2 fully saturated rings. The number of ether oxygens (including phenoxy) is 2. The molecule has 36 heavy (non-hydrogen) atoms. The number of carbonyl (C=O) groups excluding carboxylic acids is 2. The number of aromatic nitrogens is 1. The molecule has 7 heteroatoms. The Kier molecular flexibility index (Phi) is 8.71. The number of hydrogen-bond donors (Lipinski definition) is 1. The van der Waals surface area contributed by atoms with Gasteiger partial charge in [-0.2, -0.15) is 0 Å². The summed E-state index contributed by atoms with van der Waals surface area (Å²) in [7, 11) is 0. The van der Waals surface area contributed by atoms with Crippen molar-refractivity contribution in [3.63, 3.8) is 0 Å². The molecule has 0 atom stereocenters. The highest BCUT2D eigenvalue weighted by molar-refractivity contribution is 5.96. The molecular weight excluding hydrogens is 454 g/mol. The Labute approximate surface area is 212 Å². The molecule has 0 spiro atoms. The molecule has 4 rings (SSSR count). The lowest BCUT2D eigenvalue weighted by Gasteiger charge is -2.31. The molecule has 2 aliphatic rings. The third-order valence-corrected chi connectivity index (χ3v) is 6.24. The summed E-state index contributed by atoms with van der Waals surface area (Å²) < 4.78 is 10.9. The number of anilines is 1. The number of H-pyrrole nitrogens is 1. The number of carbonyl (C=O) groups is 2. The van der Waals surface area contributed by atoms with Gasteiger partial charge in [0.15, 0.2) is 6.29 Å². The summed E-state index contributed by atoms with van der Waals surface area (Å²) in [5, 5.41) is 0. The summed E-state index contributed by atoms with van der Waals surface area (Å²) in [5.74, 6) is 0.0346. The van der Waals surface area contributed by atoms with Gasteiger partial charge in [-0.05, 0) is 47.9 Å². The second-order valence-electron chi connectivity index (χ2n) is 8.75. The lowest BCUT2D eigenvalue weighted by molar-refractivity contribution is 0.0303. The van der Waals surface area contributed by atoms with E-state index in [4.69, 9.17) is 9.47 Å². The molecule has 2 aromatic rings. The SMILES string of the molecule is C=C(/C=C/c1ccc(C(=O)N2CCOCC2)cc1N1CCOCC1)/C=C(\C=C/C)c1cc(C=O)c[nH]1. The smallest absolute Gasteiger partial charge is 0.254 e. The molecule has 0 bridgehead atoms. The summed E-state index contributed by atoms with van der Waals surface area (Å²) in [5.41, 5.74) is 5.90. The number of nitrogens with zero attached hydrogens (tertiary/aromatic N) is 2. The Bertz CT molecular complexity index is 1180. The van der Waals surface area contributed by atoms with Gasteiger partial charge in [-0.3, -0.25) is 9.59 Å². The molecule has 0 radical (unpaired) electrons. The highest BCUT2D eigenvalue weighted by atomic mass is 16.5. The minimum Gasteiger partial charge on any atom is -0.378 e. The van der Waals surface area contributed by atoms with Crippen LogP contribution in [0.3, 0.4) is 0 Å². The zero-order chi connectivity index (χ0) is 25.3. The van der Waals surface area contributed by atoms with Gasteiger partial charge in [-0.15, -0.1) is 0 Å². The number of benzene rings is 1. The fourth-order valence-corrected chi connectivity index (χ4v) is 4.33. The third-order valence-electron chi connectivity index (χ3n) is 6.24. The monoisotopic (exact) mass is 487 g/mol. The average Bonchev–Trinajstić information content (AvgIpc) is 3.42. The number of aldehydes is 1. The van der Waals surface area contributed by atoms with Crippen LogP contribution in [-0.2, 0) is 9.47 Å². The molecule has 3 heterocycles. The van der Waals surface area contributed by atoms with Gasteiger partial charge in [0, 0.05) is 54.9 Å². The van der Waals surface area contributed by atoms with Crippen LogP contribution >= 0.6 is 0 Å². The number of aromatic amines is 1. The fraction of sp³-hybridized carbons (Fsp3) is 0.310. The number of morpholine rings is 2. The molecule has 1 aromatic heterocycles. The lowest BCUT2D eigenvalue weighted by Crippen LogP contribution is -2.41. The molecule has 0 unspecified atom stereocenters. The van der Waals surface area contributed by atoms with Gasteiger partial charge in [-0.25, -0.2) is 0 Å². The van der Waals surface area contributed by atoms with E-state index in [1.165, 1.54) is 0 Å². The minimum absolute atomic E-state index is 0.0346. The van der Waals surface area contributed by atoms with Crippen molar-refractivity contribution < 1.29 is 19.1 Å². The predicted molar refractivity (Wildman–Crippen MR) is 143 cm³/mol. The first-order valence-corrected chi connectivity index (χ1v) is 12.3. The largest absolute Gasteiger partial charge is 0.378 e. The van der Waals surface area contributed by atoms with Crippen LogP contribution in [0.5, 0.6) is 0 Å². The summed E-state index contributed by atoms with van der Waals surface area (Å²) in [6.45, 7) is 11.4. The average molecular weight is 488 g/mol. The van der Waals surface area contributed by atoms with E-state index in [-0.39, 0.29) is 5.91 Å². The van der Waals surface area contributed by atoms with Crippen molar-refractivity contribution in [2.75, 3.05) is 57.5 Å². The van der Waals surface area contributed by atoms with Gasteiger partial charge < -0.3 is 24.3 Å². The summed E-state index contributed by atoms with van der Waals surface area (Å²) >= 11 is 0. The van der Waals surface area contributed by atoms with Crippen molar-refractivity contribution in [3.05, 3.63) is 89.3 Å². The van der Waals surface area contributed by atoms with E-state index in [0.717, 1.165) is 47.5 Å². The summed E-state index contributed by atoms with van der Waals surface area (Å²) in [4.78, 5) is 31.4. The number of rotatable bonds is 8.